The van der Waals surface area contributed by atoms with Gasteiger partial charge in [-0.05, 0) is 31.0 Å². The zero-order valence-corrected chi connectivity index (χ0v) is 11.4. The highest BCUT2D eigenvalue weighted by atomic mass is 19.1. The highest BCUT2D eigenvalue weighted by Gasteiger charge is 2.27. The van der Waals surface area contributed by atoms with Crippen LogP contribution in [0.1, 0.15) is 42.5 Å². The summed E-state index contributed by atoms with van der Waals surface area (Å²) in [5.74, 6) is -1.20. The van der Waals surface area contributed by atoms with Crippen molar-refractivity contribution in [1.29, 1.82) is 0 Å². The number of rotatable bonds is 4. The van der Waals surface area contributed by atoms with E-state index < -0.39 is 11.7 Å². The number of phenols is 1. The average molecular weight is 281 g/mol. The number of carbonyl (C=O) groups is 1. The number of aliphatic hydroxyl groups excluding tert-OH is 1. The molecule has 1 aromatic carbocycles. The first-order valence-electron chi connectivity index (χ1n) is 7.04. The number of halogens is 1. The maximum Gasteiger partial charge on any atom is 0.258 e. The minimum atomic E-state index is -0.557. The van der Waals surface area contributed by atoms with Crippen molar-refractivity contribution in [2.24, 2.45) is 0 Å². The molecule has 0 radical (unpaired) electrons. The molecule has 0 spiro atoms. The van der Waals surface area contributed by atoms with Crippen LogP contribution in [0, 0.1) is 5.82 Å². The highest BCUT2D eigenvalue weighted by molar-refractivity contribution is 5.97. The Morgan fingerprint density at radius 3 is 2.65 bits per heavy atom. The molecule has 2 N–H and O–H groups in total. The first-order chi connectivity index (χ1) is 9.63. The minimum absolute atomic E-state index is 0.0379. The molecule has 1 saturated carbocycles. The van der Waals surface area contributed by atoms with Gasteiger partial charge in [-0.25, -0.2) is 4.39 Å². The quantitative estimate of drug-likeness (QED) is 0.890. The molecule has 4 nitrogen and oxygen atoms in total. The average Bonchev–Trinajstić information content (AvgIpc) is 2.47. The first-order valence-corrected chi connectivity index (χ1v) is 7.04. The van der Waals surface area contributed by atoms with Crippen molar-refractivity contribution in [3.63, 3.8) is 0 Å². The van der Waals surface area contributed by atoms with Crippen LogP contribution in [0.25, 0.3) is 0 Å². The van der Waals surface area contributed by atoms with E-state index in [-0.39, 0.29) is 30.5 Å². The van der Waals surface area contributed by atoms with E-state index >= 15 is 0 Å². The molecule has 1 fully saturated rings. The van der Waals surface area contributed by atoms with Crippen molar-refractivity contribution in [2.75, 3.05) is 13.2 Å². The van der Waals surface area contributed by atoms with Gasteiger partial charge in [0.1, 0.15) is 11.6 Å². The number of carbonyl (C=O) groups excluding carboxylic acids is 1. The van der Waals surface area contributed by atoms with Crippen molar-refractivity contribution in [2.45, 2.75) is 38.1 Å². The summed E-state index contributed by atoms with van der Waals surface area (Å²) >= 11 is 0. The summed E-state index contributed by atoms with van der Waals surface area (Å²) in [6.07, 6.45) is 5.04. The predicted octanol–water partition coefficient (Wildman–Crippen LogP) is 2.30. The van der Waals surface area contributed by atoms with E-state index in [4.69, 9.17) is 5.11 Å². The molecule has 1 aliphatic carbocycles. The Morgan fingerprint density at radius 2 is 2.00 bits per heavy atom. The van der Waals surface area contributed by atoms with Crippen molar-refractivity contribution < 1.29 is 19.4 Å². The van der Waals surface area contributed by atoms with Gasteiger partial charge in [-0.15, -0.1) is 0 Å². The molecule has 20 heavy (non-hydrogen) atoms. The maximum atomic E-state index is 13.3. The van der Waals surface area contributed by atoms with Crippen LogP contribution in [0.3, 0.4) is 0 Å². The molecule has 110 valence electrons. The number of nitrogens with zero attached hydrogens (tertiary/aromatic N) is 1. The molecular formula is C15H20FNO3. The molecular weight excluding hydrogens is 261 g/mol. The topological polar surface area (TPSA) is 60.8 Å². The van der Waals surface area contributed by atoms with E-state index in [2.05, 4.69) is 0 Å². The van der Waals surface area contributed by atoms with Crippen LogP contribution in [0.15, 0.2) is 18.2 Å². The Labute approximate surface area is 117 Å². The van der Waals surface area contributed by atoms with Crippen molar-refractivity contribution in [1.82, 2.24) is 4.90 Å². The molecule has 1 aliphatic rings. The minimum Gasteiger partial charge on any atom is -0.507 e. The highest BCUT2D eigenvalue weighted by Crippen LogP contribution is 2.26. The van der Waals surface area contributed by atoms with Crippen LogP contribution in [0.5, 0.6) is 5.75 Å². The number of benzene rings is 1. The Morgan fingerprint density at radius 1 is 1.30 bits per heavy atom. The van der Waals surface area contributed by atoms with Crippen molar-refractivity contribution >= 4 is 5.91 Å². The number of phenolic OH excluding ortho intramolecular Hbond substituents is 1. The van der Waals surface area contributed by atoms with Gasteiger partial charge in [0.05, 0.1) is 12.2 Å². The molecule has 0 atom stereocenters. The van der Waals surface area contributed by atoms with E-state index in [0.717, 1.165) is 44.2 Å². The molecule has 1 amide bonds. The number of aliphatic hydroxyl groups is 1. The smallest absolute Gasteiger partial charge is 0.258 e. The van der Waals surface area contributed by atoms with Crippen molar-refractivity contribution in [3.8, 4) is 5.75 Å². The van der Waals surface area contributed by atoms with Gasteiger partial charge in [0.15, 0.2) is 0 Å². The van der Waals surface area contributed by atoms with Gasteiger partial charge in [0, 0.05) is 12.6 Å². The SMILES string of the molecule is O=C(c1cc(F)ccc1O)N(CCO)C1CCCCC1. The van der Waals surface area contributed by atoms with Crippen LogP contribution >= 0.6 is 0 Å². The predicted molar refractivity (Wildman–Crippen MR) is 73.1 cm³/mol. The van der Waals surface area contributed by atoms with Gasteiger partial charge < -0.3 is 15.1 Å². The third-order valence-electron chi connectivity index (χ3n) is 3.81. The number of hydrogen-bond acceptors (Lipinski definition) is 3. The Balaban J connectivity index is 2.23. The van der Waals surface area contributed by atoms with Crippen LogP contribution in [0.2, 0.25) is 0 Å². The van der Waals surface area contributed by atoms with Gasteiger partial charge in [-0.3, -0.25) is 4.79 Å². The Kier molecular flexibility index (Phi) is 4.95. The van der Waals surface area contributed by atoms with Gasteiger partial charge >= 0.3 is 0 Å². The molecule has 0 unspecified atom stereocenters. The third kappa shape index (κ3) is 3.28. The summed E-state index contributed by atoms with van der Waals surface area (Å²) in [5.41, 5.74) is -0.0379. The fourth-order valence-corrected chi connectivity index (χ4v) is 2.78. The maximum absolute atomic E-state index is 13.3. The molecule has 0 aromatic heterocycles. The second-order valence-electron chi connectivity index (χ2n) is 5.18. The van der Waals surface area contributed by atoms with Crippen molar-refractivity contribution in [3.05, 3.63) is 29.6 Å². The van der Waals surface area contributed by atoms with Gasteiger partial charge in [0.25, 0.3) is 5.91 Å². The number of aromatic hydroxyl groups is 1. The van der Waals surface area contributed by atoms with Gasteiger partial charge in [-0.1, -0.05) is 19.3 Å². The lowest BCUT2D eigenvalue weighted by Gasteiger charge is -2.34. The molecule has 0 bridgehead atoms. The second kappa shape index (κ2) is 6.70. The Bertz CT molecular complexity index is 472. The summed E-state index contributed by atoms with van der Waals surface area (Å²) in [4.78, 5) is 14.1. The lowest BCUT2D eigenvalue weighted by atomic mass is 9.93. The fraction of sp³-hybridized carbons (Fsp3) is 0.533. The van der Waals surface area contributed by atoms with E-state index in [1.165, 1.54) is 6.07 Å². The van der Waals surface area contributed by atoms with E-state index in [1.54, 1.807) is 4.90 Å². The summed E-state index contributed by atoms with van der Waals surface area (Å²) < 4.78 is 13.3. The van der Waals surface area contributed by atoms with E-state index in [0.29, 0.717) is 0 Å². The normalized spacial score (nSPS) is 16.1. The van der Waals surface area contributed by atoms with Crippen LogP contribution in [-0.2, 0) is 0 Å². The van der Waals surface area contributed by atoms with Gasteiger partial charge in [0.2, 0.25) is 0 Å². The van der Waals surface area contributed by atoms with Crippen LogP contribution in [-0.4, -0.2) is 40.2 Å². The standard InChI is InChI=1S/C15H20FNO3/c16-11-6-7-14(19)13(10-11)15(20)17(8-9-18)12-4-2-1-3-5-12/h6-7,10,12,18-19H,1-5,8-9H2. The van der Waals surface area contributed by atoms with Crippen LogP contribution in [0.4, 0.5) is 4.39 Å². The molecule has 0 heterocycles. The zero-order valence-electron chi connectivity index (χ0n) is 11.4. The zero-order chi connectivity index (χ0) is 14.5. The monoisotopic (exact) mass is 281 g/mol. The Hall–Kier alpha value is -1.62. The van der Waals surface area contributed by atoms with E-state index in [1.807, 2.05) is 0 Å². The lowest BCUT2D eigenvalue weighted by Crippen LogP contribution is -2.43. The second-order valence-corrected chi connectivity index (χ2v) is 5.18. The molecule has 0 aliphatic heterocycles. The van der Waals surface area contributed by atoms with Crippen LogP contribution < -0.4 is 0 Å². The molecule has 0 saturated heterocycles. The number of hydrogen-bond donors (Lipinski definition) is 2. The first kappa shape index (κ1) is 14.8. The molecule has 2 rings (SSSR count). The largest absolute Gasteiger partial charge is 0.507 e. The summed E-state index contributed by atoms with van der Waals surface area (Å²) in [7, 11) is 0. The molecule has 5 heteroatoms. The summed E-state index contributed by atoms with van der Waals surface area (Å²) in [5, 5.41) is 18.9. The molecule has 1 aromatic rings. The van der Waals surface area contributed by atoms with Gasteiger partial charge in [-0.2, -0.15) is 0 Å². The third-order valence-corrected chi connectivity index (χ3v) is 3.81. The van der Waals surface area contributed by atoms with E-state index in [9.17, 15) is 14.3 Å². The summed E-state index contributed by atoms with van der Waals surface area (Å²) in [6, 6.07) is 3.40. The summed E-state index contributed by atoms with van der Waals surface area (Å²) in [6.45, 7) is 0.0672. The number of amides is 1. The lowest BCUT2D eigenvalue weighted by molar-refractivity contribution is 0.0582. The fourth-order valence-electron chi connectivity index (χ4n) is 2.78.